The standard InChI is InChI=1S/C21H25N7O3/c1-22-18-10-17(25-15-5-3-9-23-21(15)31-12-7-8-12)27-19-13(11-24-28(18)19)20(30)26-14-4-2-6-16(14)29/h3,5,9-12,14,16,22,29H,2,4,6-8H2,1H3,(H,25,27)(H,26,30)/t14-,16-/m1/s1. The minimum atomic E-state index is -0.515. The molecule has 10 nitrogen and oxygen atoms in total. The SMILES string of the molecule is CNc1cc(Nc2cccnc2OC2CC2)nc2c(C(=O)N[C@@H]3CCC[C@H]3O)cnn12. The lowest BCUT2D eigenvalue weighted by molar-refractivity contribution is 0.0874. The van der Waals surface area contributed by atoms with Crippen molar-refractivity contribution in [2.45, 2.75) is 50.4 Å². The fourth-order valence-corrected chi connectivity index (χ4v) is 3.78. The molecule has 3 aromatic rings. The van der Waals surface area contributed by atoms with Gasteiger partial charge in [0.1, 0.15) is 29.0 Å². The number of nitrogens with zero attached hydrogens (tertiary/aromatic N) is 4. The number of amides is 1. The second-order valence-corrected chi connectivity index (χ2v) is 7.95. The zero-order valence-electron chi connectivity index (χ0n) is 17.2. The Morgan fingerprint density at radius 3 is 2.90 bits per heavy atom. The maximum Gasteiger partial charge on any atom is 0.257 e. The number of nitrogens with one attached hydrogen (secondary N) is 3. The van der Waals surface area contributed by atoms with E-state index in [0.717, 1.165) is 25.7 Å². The lowest BCUT2D eigenvalue weighted by Crippen LogP contribution is -2.39. The zero-order valence-corrected chi connectivity index (χ0v) is 17.2. The molecule has 31 heavy (non-hydrogen) atoms. The number of aromatic nitrogens is 4. The zero-order chi connectivity index (χ0) is 21.4. The van der Waals surface area contributed by atoms with Gasteiger partial charge in [0.05, 0.1) is 18.3 Å². The van der Waals surface area contributed by atoms with Gasteiger partial charge in [0.15, 0.2) is 5.65 Å². The van der Waals surface area contributed by atoms with Crippen LogP contribution in [-0.2, 0) is 0 Å². The third kappa shape index (κ3) is 3.98. The number of carbonyl (C=O) groups is 1. The third-order valence-corrected chi connectivity index (χ3v) is 5.61. The van der Waals surface area contributed by atoms with Crippen LogP contribution in [0.3, 0.4) is 0 Å². The van der Waals surface area contributed by atoms with Gasteiger partial charge in [-0.15, -0.1) is 0 Å². The lowest BCUT2D eigenvalue weighted by Gasteiger charge is -2.16. The van der Waals surface area contributed by atoms with Gasteiger partial charge < -0.3 is 25.8 Å². The number of aliphatic hydroxyl groups excluding tert-OH is 1. The van der Waals surface area contributed by atoms with Crippen LogP contribution < -0.4 is 20.7 Å². The van der Waals surface area contributed by atoms with E-state index >= 15 is 0 Å². The van der Waals surface area contributed by atoms with Crippen LogP contribution in [0.15, 0.2) is 30.6 Å². The van der Waals surface area contributed by atoms with E-state index in [2.05, 4.69) is 31.0 Å². The molecule has 3 aromatic heterocycles. The van der Waals surface area contributed by atoms with Crippen molar-refractivity contribution in [1.82, 2.24) is 24.9 Å². The monoisotopic (exact) mass is 423 g/mol. The van der Waals surface area contributed by atoms with Gasteiger partial charge in [-0.25, -0.2) is 9.97 Å². The van der Waals surface area contributed by atoms with Crippen molar-refractivity contribution in [2.24, 2.45) is 0 Å². The van der Waals surface area contributed by atoms with E-state index < -0.39 is 6.10 Å². The molecular formula is C21H25N7O3. The molecule has 2 aliphatic carbocycles. The fraction of sp³-hybridized carbons (Fsp3) is 0.429. The molecule has 10 heteroatoms. The quantitative estimate of drug-likeness (QED) is 0.455. The summed E-state index contributed by atoms with van der Waals surface area (Å²) >= 11 is 0. The summed E-state index contributed by atoms with van der Waals surface area (Å²) in [5.74, 6) is 1.42. The van der Waals surface area contributed by atoms with Crippen molar-refractivity contribution in [1.29, 1.82) is 0 Å². The first-order valence-electron chi connectivity index (χ1n) is 10.6. The van der Waals surface area contributed by atoms with Gasteiger partial charge in [0, 0.05) is 19.3 Å². The van der Waals surface area contributed by atoms with Crippen LogP contribution in [0.1, 0.15) is 42.5 Å². The number of rotatable bonds is 7. The summed E-state index contributed by atoms with van der Waals surface area (Å²) in [5, 5.41) is 23.6. The Labute approximate surface area is 179 Å². The van der Waals surface area contributed by atoms with Gasteiger partial charge in [-0.2, -0.15) is 9.61 Å². The first-order valence-corrected chi connectivity index (χ1v) is 10.6. The van der Waals surface area contributed by atoms with Crippen LogP contribution in [0, 0.1) is 0 Å². The number of ether oxygens (including phenoxy) is 1. The predicted molar refractivity (Wildman–Crippen MR) is 115 cm³/mol. The van der Waals surface area contributed by atoms with E-state index in [0.29, 0.717) is 40.8 Å². The van der Waals surface area contributed by atoms with Crippen LogP contribution in [0.5, 0.6) is 5.88 Å². The minimum Gasteiger partial charge on any atom is -0.473 e. The van der Waals surface area contributed by atoms with Crippen LogP contribution in [0.25, 0.3) is 5.65 Å². The molecule has 0 aromatic carbocycles. The van der Waals surface area contributed by atoms with E-state index in [1.54, 1.807) is 23.8 Å². The molecule has 3 heterocycles. The number of anilines is 3. The van der Waals surface area contributed by atoms with E-state index in [9.17, 15) is 9.90 Å². The molecule has 4 N–H and O–H groups in total. The number of hydrogen-bond acceptors (Lipinski definition) is 8. The molecule has 0 saturated heterocycles. The summed E-state index contributed by atoms with van der Waals surface area (Å²) < 4.78 is 7.46. The molecule has 0 radical (unpaired) electrons. The molecule has 2 aliphatic rings. The van der Waals surface area contributed by atoms with E-state index in [1.165, 1.54) is 6.20 Å². The second kappa shape index (κ2) is 8.03. The minimum absolute atomic E-state index is 0.217. The van der Waals surface area contributed by atoms with Crippen molar-refractivity contribution >= 4 is 28.9 Å². The topological polar surface area (TPSA) is 126 Å². The van der Waals surface area contributed by atoms with Gasteiger partial charge in [0.25, 0.3) is 5.91 Å². The van der Waals surface area contributed by atoms with Crippen LogP contribution in [0.4, 0.5) is 17.3 Å². The molecule has 2 atom stereocenters. The smallest absolute Gasteiger partial charge is 0.257 e. The van der Waals surface area contributed by atoms with Crippen molar-refractivity contribution in [3.63, 3.8) is 0 Å². The lowest BCUT2D eigenvalue weighted by atomic mass is 10.2. The highest BCUT2D eigenvalue weighted by atomic mass is 16.5. The molecule has 0 bridgehead atoms. The summed E-state index contributed by atoms with van der Waals surface area (Å²) in [4.78, 5) is 21.8. The Morgan fingerprint density at radius 2 is 2.16 bits per heavy atom. The highest BCUT2D eigenvalue weighted by Gasteiger charge is 2.28. The van der Waals surface area contributed by atoms with Crippen LogP contribution in [-0.4, -0.2) is 55.9 Å². The predicted octanol–water partition coefficient (Wildman–Crippen LogP) is 2.09. The molecule has 1 amide bonds. The van der Waals surface area contributed by atoms with Crippen molar-refractivity contribution in [3.8, 4) is 5.88 Å². The maximum atomic E-state index is 12.9. The average molecular weight is 423 g/mol. The van der Waals surface area contributed by atoms with Gasteiger partial charge >= 0.3 is 0 Å². The third-order valence-electron chi connectivity index (χ3n) is 5.61. The van der Waals surface area contributed by atoms with Gasteiger partial charge in [-0.05, 0) is 44.2 Å². The number of pyridine rings is 1. The Hall–Kier alpha value is -3.40. The van der Waals surface area contributed by atoms with Gasteiger partial charge in [-0.1, -0.05) is 0 Å². The number of carbonyl (C=O) groups excluding carboxylic acids is 1. The van der Waals surface area contributed by atoms with E-state index in [-0.39, 0.29) is 18.1 Å². The van der Waals surface area contributed by atoms with Crippen LogP contribution in [0.2, 0.25) is 0 Å². The largest absolute Gasteiger partial charge is 0.473 e. The molecule has 0 spiro atoms. The Morgan fingerprint density at radius 1 is 1.29 bits per heavy atom. The van der Waals surface area contributed by atoms with Gasteiger partial charge in [-0.3, -0.25) is 4.79 Å². The summed E-state index contributed by atoms with van der Waals surface area (Å²) in [6, 6.07) is 5.26. The molecule has 0 unspecified atom stereocenters. The fourth-order valence-electron chi connectivity index (χ4n) is 3.78. The van der Waals surface area contributed by atoms with Crippen molar-refractivity contribution < 1.29 is 14.6 Å². The Bertz CT molecular complexity index is 1110. The van der Waals surface area contributed by atoms with E-state index in [1.807, 2.05) is 12.1 Å². The molecular weight excluding hydrogens is 398 g/mol. The Kier molecular flexibility index (Phi) is 5.06. The van der Waals surface area contributed by atoms with Crippen molar-refractivity contribution in [3.05, 3.63) is 36.2 Å². The summed E-state index contributed by atoms with van der Waals surface area (Å²) in [7, 11) is 1.78. The highest BCUT2D eigenvalue weighted by molar-refractivity contribution is 6.00. The summed E-state index contributed by atoms with van der Waals surface area (Å²) in [5.41, 5.74) is 1.46. The maximum absolute atomic E-state index is 12.9. The summed E-state index contributed by atoms with van der Waals surface area (Å²) in [6.07, 6.45) is 7.32. The molecule has 2 saturated carbocycles. The molecule has 5 rings (SSSR count). The first-order chi connectivity index (χ1) is 15.1. The number of aliphatic hydroxyl groups is 1. The van der Waals surface area contributed by atoms with Crippen molar-refractivity contribution in [2.75, 3.05) is 17.7 Å². The Balaban J connectivity index is 1.46. The second-order valence-electron chi connectivity index (χ2n) is 7.95. The molecule has 0 aliphatic heterocycles. The van der Waals surface area contributed by atoms with Crippen LogP contribution >= 0.6 is 0 Å². The van der Waals surface area contributed by atoms with E-state index in [4.69, 9.17) is 4.74 Å². The normalized spacial score (nSPS) is 20.6. The average Bonchev–Trinajstić information content (AvgIpc) is 3.34. The number of hydrogen-bond donors (Lipinski definition) is 4. The molecule has 2 fully saturated rings. The molecule has 162 valence electrons. The number of fused-ring (bicyclic) bond motifs is 1. The van der Waals surface area contributed by atoms with Gasteiger partial charge in [0.2, 0.25) is 5.88 Å². The summed E-state index contributed by atoms with van der Waals surface area (Å²) in [6.45, 7) is 0. The first kappa shape index (κ1) is 19.6. The highest BCUT2D eigenvalue weighted by Crippen LogP contribution is 2.32.